The van der Waals surface area contributed by atoms with Gasteiger partial charge in [0.1, 0.15) is 6.10 Å². The Labute approximate surface area is 144 Å². The average molecular weight is 322 g/mol. The third kappa shape index (κ3) is 4.45. The van der Waals surface area contributed by atoms with Crippen molar-refractivity contribution in [2.75, 3.05) is 6.61 Å². The highest BCUT2D eigenvalue weighted by atomic mass is 16.5. The first-order chi connectivity index (χ1) is 11.9. The lowest BCUT2D eigenvalue weighted by atomic mass is 10.0. The number of fused-ring (bicyclic) bond motifs is 1. The van der Waals surface area contributed by atoms with Crippen LogP contribution in [0, 0.1) is 0 Å². The number of unbranched alkanes of at least 4 members (excludes halogenated alkanes) is 3. The molecule has 0 aliphatic heterocycles. The SMILES string of the molecule is CCCCCCOC(Cn1ccnc1)c1ccc2ccccc2c1. The van der Waals surface area contributed by atoms with Crippen molar-refractivity contribution in [2.45, 2.75) is 45.3 Å². The van der Waals surface area contributed by atoms with Gasteiger partial charge < -0.3 is 9.30 Å². The highest BCUT2D eigenvalue weighted by Crippen LogP contribution is 2.24. The summed E-state index contributed by atoms with van der Waals surface area (Å²) in [7, 11) is 0. The van der Waals surface area contributed by atoms with Crippen molar-refractivity contribution in [3.8, 4) is 0 Å². The molecule has 126 valence electrons. The van der Waals surface area contributed by atoms with Crippen molar-refractivity contribution < 1.29 is 4.74 Å². The molecule has 1 unspecified atom stereocenters. The Balaban J connectivity index is 1.73. The first kappa shape index (κ1) is 16.7. The monoisotopic (exact) mass is 322 g/mol. The van der Waals surface area contributed by atoms with Crippen molar-refractivity contribution in [1.82, 2.24) is 9.55 Å². The number of ether oxygens (including phenoxy) is 1. The summed E-state index contributed by atoms with van der Waals surface area (Å²) >= 11 is 0. The fourth-order valence-corrected chi connectivity index (χ4v) is 3.00. The van der Waals surface area contributed by atoms with E-state index in [2.05, 4.69) is 58.9 Å². The van der Waals surface area contributed by atoms with Crippen LogP contribution in [0.4, 0.5) is 0 Å². The normalized spacial score (nSPS) is 12.5. The van der Waals surface area contributed by atoms with E-state index in [4.69, 9.17) is 4.74 Å². The van der Waals surface area contributed by atoms with E-state index in [-0.39, 0.29) is 6.10 Å². The number of hydrogen-bond acceptors (Lipinski definition) is 2. The van der Waals surface area contributed by atoms with Crippen LogP contribution in [0.25, 0.3) is 10.8 Å². The molecular weight excluding hydrogens is 296 g/mol. The Morgan fingerprint density at radius 1 is 1.04 bits per heavy atom. The quantitative estimate of drug-likeness (QED) is 0.495. The molecule has 0 amide bonds. The predicted molar refractivity (Wildman–Crippen MR) is 99.0 cm³/mol. The van der Waals surface area contributed by atoms with E-state index in [0.29, 0.717) is 0 Å². The Morgan fingerprint density at radius 2 is 1.92 bits per heavy atom. The summed E-state index contributed by atoms with van der Waals surface area (Å²) in [6, 6.07) is 15.1. The summed E-state index contributed by atoms with van der Waals surface area (Å²) in [6.07, 6.45) is 10.6. The minimum atomic E-state index is 0.0606. The summed E-state index contributed by atoms with van der Waals surface area (Å²) in [6.45, 7) is 3.84. The Morgan fingerprint density at radius 3 is 2.71 bits per heavy atom. The molecule has 0 N–H and O–H groups in total. The molecular formula is C21H26N2O. The fraction of sp³-hybridized carbons (Fsp3) is 0.381. The van der Waals surface area contributed by atoms with Gasteiger partial charge in [0.25, 0.3) is 0 Å². The van der Waals surface area contributed by atoms with Gasteiger partial charge in [0, 0.05) is 19.0 Å². The highest BCUT2D eigenvalue weighted by Gasteiger charge is 2.13. The summed E-state index contributed by atoms with van der Waals surface area (Å²) < 4.78 is 8.34. The standard InChI is InChI=1S/C21H26N2O/c1-2-3-4-7-14-24-21(16-23-13-12-22-17-23)20-11-10-18-8-5-6-9-19(18)15-20/h5-6,8-13,15,17,21H,2-4,7,14,16H2,1H3. The number of nitrogens with zero attached hydrogens (tertiary/aromatic N) is 2. The predicted octanol–water partition coefficient (Wildman–Crippen LogP) is 5.37. The second kappa shape index (κ2) is 8.65. The summed E-state index contributed by atoms with van der Waals surface area (Å²) in [5, 5.41) is 2.53. The van der Waals surface area contributed by atoms with E-state index in [0.717, 1.165) is 19.6 Å². The van der Waals surface area contributed by atoms with Gasteiger partial charge in [0.2, 0.25) is 0 Å². The lowest BCUT2D eigenvalue weighted by molar-refractivity contribution is 0.0380. The largest absolute Gasteiger partial charge is 0.372 e. The molecule has 1 heterocycles. The van der Waals surface area contributed by atoms with Gasteiger partial charge in [-0.3, -0.25) is 0 Å². The smallest absolute Gasteiger partial charge is 0.100 e. The van der Waals surface area contributed by atoms with Crippen LogP contribution in [-0.4, -0.2) is 16.2 Å². The molecule has 0 saturated carbocycles. The molecule has 24 heavy (non-hydrogen) atoms. The molecule has 3 heteroatoms. The van der Waals surface area contributed by atoms with E-state index >= 15 is 0 Å². The van der Waals surface area contributed by atoms with Crippen LogP contribution in [0.3, 0.4) is 0 Å². The van der Waals surface area contributed by atoms with Crippen molar-refractivity contribution >= 4 is 10.8 Å². The number of rotatable bonds is 9. The molecule has 0 fully saturated rings. The maximum absolute atomic E-state index is 6.25. The molecule has 3 rings (SSSR count). The van der Waals surface area contributed by atoms with Crippen LogP contribution in [0.5, 0.6) is 0 Å². The topological polar surface area (TPSA) is 27.1 Å². The summed E-state index contributed by atoms with van der Waals surface area (Å²) in [5.74, 6) is 0. The van der Waals surface area contributed by atoms with Gasteiger partial charge >= 0.3 is 0 Å². The minimum Gasteiger partial charge on any atom is -0.372 e. The number of hydrogen-bond donors (Lipinski definition) is 0. The maximum Gasteiger partial charge on any atom is 0.100 e. The van der Waals surface area contributed by atoms with Crippen LogP contribution in [0.15, 0.2) is 61.2 Å². The second-order valence-corrected chi connectivity index (χ2v) is 6.29. The number of imidazole rings is 1. The van der Waals surface area contributed by atoms with Gasteiger partial charge in [0.05, 0.1) is 12.9 Å². The fourth-order valence-electron chi connectivity index (χ4n) is 3.00. The molecule has 1 aromatic heterocycles. The minimum absolute atomic E-state index is 0.0606. The zero-order valence-electron chi connectivity index (χ0n) is 14.4. The van der Waals surface area contributed by atoms with Crippen LogP contribution in [0.2, 0.25) is 0 Å². The van der Waals surface area contributed by atoms with E-state index in [1.54, 1.807) is 0 Å². The average Bonchev–Trinajstić information content (AvgIpc) is 3.13. The molecule has 0 radical (unpaired) electrons. The van der Waals surface area contributed by atoms with E-state index in [1.165, 1.54) is 35.6 Å². The van der Waals surface area contributed by atoms with Crippen molar-refractivity contribution in [3.63, 3.8) is 0 Å². The van der Waals surface area contributed by atoms with Gasteiger partial charge in [0.15, 0.2) is 0 Å². The van der Waals surface area contributed by atoms with Crippen LogP contribution < -0.4 is 0 Å². The van der Waals surface area contributed by atoms with Gasteiger partial charge in [-0.25, -0.2) is 4.98 Å². The zero-order chi connectivity index (χ0) is 16.6. The first-order valence-electron chi connectivity index (χ1n) is 8.93. The lowest BCUT2D eigenvalue weighted by Gasteiger charge is -2.19. The van der Waals surface area contributed by atoms with E-state index in [1.807, 2.05) is 18.7 Å². The second-order valence-electron chi connectivity index (χ2n) is 6.29. The molecule has 2 aromatic carbocycles. The third-order valence-corrected chi connectivity index (χ3v) is 4.40. The van der Waals surface area contributed by atoms with Gasteiger partial charge in [-0.15, -0.1) is 0 Å². The van der Waals surface area contributed by atoms with Crippen LogP contribution >= 0.6 is 0 Å². The third-order valence-electron chi connectivity index (χ3n) is 4.40. The highest BCUT2D eigenvalue weighted by molar-refractivity contribution is 5.83. The molecule has 0 spiro atoms. The number of aromatic nitrogens is 2. The Kier molecular flexibility index (Phi) is 6.02. The molecule has 0 aliphatic carbocycles. The van der Waals surface area contributed by atoms with Crippen molar-refractivity contribution in [1.29, 1.82) is 0 Å². The maximum atomic E-state index is 6.25. The first-order valence-corrected chi connectivity index (χ1v) is 8.93. The molecule has 0 saturated heterocycles. The van der Waals surface area contributed by atoms with Gasteiger partial charge in [-0.1, -0.05) is 62.6 Å². The van der Waals surface area contributed by atoms with Crippen molar-refractivity contribution in [3.05, 3.63) is 66.7 Å². The number of benzene rings is 2. The van der Waals surface area contributed by atoms with Gasteiger partial charge in [-0.05, 0) is 28.8 Å². The summed E-state index contributed by atoms with van der Waals surface area (Å²) in [4.78, 5) is 4.15. The molecule has 1 atom stereocenters. The Bertz CT molecular complexity index is 736. The molecule has 3 nitrogen and oxygen atoms in total. The van der Waals surface area contributed by atoms with E-state index in [9.17, 15) is 0 Å². The Hall–Kier alpha value is -2.13. The molecule has 0 bridgehead atoms. The summed E-state index contributed by atoms with van der Waals surface area (Å²) in [5.41, 5.74) is 1.23. The zero-order valence-corrected chi connectivity index (χ0v) is 14.4. The van der Waals surface area contributed by atoms with Crippen LogP contribution in [-0.2, 0) is 11.3 Å². The van der Waals surface area contributed by atoms with E-state index < -0.39 is 0 Å². The molecule has 0 aliphatic rings. The van der Waals surface area contributed by atoms with Crippen LogP contribution in [0.1, 0.15) is 44.3 Å². The van der Waals surface area contributed by atoms with Gasteiger partial charge in [-0.2, -0.15) is 0 Å². The lowest BCUT2D eigenvalue weighted by Crippen LogP contribution is -2.13. The van der Waals surface area contributed by atoms with Crippen molar-refractivity contribution in [2.24, 2.45) is 0 Å². The molecule has 3 aromatic rings.